The first-order valence-electron chi connectivity index (χ1n) is 9.92. The molecule has 2 amide bonds. The maximum Gasteiger partial charge on any atom is 0.229 e. The van der Waals surface area contributed by atoms with Gasteiger partial charge in [0.1, 0.15) is 5.75 Å². The number of H-pyrrole nitrogens is 1. The number of nitrogens with one attached hydrogen (secondary N) is 2. The minimum atomic E-state index is -0.222. The van der Waals surface area contributed by atoms with Gasteiger partial charge >= 0.3 is 0 Å². The molecule has 1 aromatic heterocycles. The summed E-state index contributed by atoms with van der Waals surface area (Å²) in [5, 5.41) is 4.03. The number of carbonyl (C=O) groups is 2. The van der Waals surface area contributed by atoms with Gasteiger partial charge in [-0.05, 0) is 36.6 Å². The quantitative estimate of drug-likeness (QED) is 0.698. The normalized spacial score (nSPS) is 16.6. The molecule has 3 aromatic rings. The number of hydrogen-bond donors (Lipinski definition) is 2. The monoisotopic (exact) mass is 391 g/mol. The van der Waals surface area contributed by atoms with Crippen molar-refractivity contribution >= 4 is 28.4 Å². The molecule has 4 rings (SSSR count). The van der Waals surface area contributed by atoms with Crippen molar-refractivity contribution in [3.05, 3.63) is 60.3 Å². The molecular formula is C23H25N3O3. The Morgan fingerprint density at radius 3 is 2.83 bits per heavy atom. The number of aromatic nitrogens is 1. The molecule has 1 saturated heterocycles. The van der Waals surface area contributed by atoms with Gasteiger partial charge < -0.3 is 19.9 Å². The number of anilines is 1. The summed E-state index contributed by atoms with van der Waals surface area (Å²) in [6.45, 7) is 1.14. The average molecular weight is 391 g/mol. The fourth-order valence-electron chi connectivity index (χ4n) is 3.95. The Bertz CT molecular complexity index is 1030. The average Bonchev–Trinajstić information content (AvgIpc) is 3.17. The van der Waals surface area contributed by atoms with Crippen LogP contribution in [-0.2, 0) is 16.0 Å². The van der Waals surface area contributed by atoms with E-state index in [-0.39, 0.29) is 17.7 Å². The summed E-state index contributed by atoms with van der Waals surface area (Å²) >= 11 is 0. The van der Waals surface area contributed by atoms with Crippen LogP contribution in [0.4, 0.5) is 5.69 Å². The maximum atomic E-state index is 12.9. The summed E-state index contributed by atoms with van der Waals surface area (Å²) in [6, 6.07) is 15.3. The number of piperidine rings is 1. The van der Waals surface area contributed by atoms with Crippen molar-refractivity contribution in [2.24, 2.45) is 5.92 Å². The first kappa shape index (κ1) is 19.1. The smallest absolute Gasteiger partial charge is 0.229 e. The number of rotatable bonds is 5. The Balaban J connectivity index is 1.41. The van der Waals surface area contributed by atoms with Crippen molar-refractivity contribution in [2.75, 3.05) is 25.5 Å². The second-order valence-corrected chi connectivity index (χ2v) is 7.40. The highest BCUT2D eigenvalue weighted by molar-refractivity contribution is 5.95. The third-order valence-corrected chi connectivity index (χ3v) is 5.53. The molecule has 0 saturated carbocycles. The molecule has 150 valence electrons. The maximum absolute atomic E-state index is 12.9. The van der Waals surface area contributed by atoms with Gasteiger partial charge in [0.2, 0.25) is 11.8 Å². The number of aromatic amines is 1. The highest BCUT2D eigenvalue weighted by Gasteiger charge is 2.29. The number of ether oxygens (including phenoxy) is 1. The van der Waals surface area contributed by atoms with Crippen LogP contribution < -0.4 is 10.1 Å². The second kappa shape index (κ2) is 8.39. The molecule has 0 aliphatic carbocycles. The van der Waals surface area contributed by atoms with Crippen LogP contribution in [-0.4, -0.2) is 41.9 Å². The first-order valence-corrected chi connectivity index (χ1v) is 9.92. The minimum Gasteiger partial charge on any atom is -0.495 e. The summed E-state index contributed by atoms with van der Waals surface area (Å²) in [5.74, 6) is 0.396. The number of likely N-dealkylation sites (tertiary alicyclic amines) is 1. The molecule has 1 aliphatic heterocycles. The van der Waals surface area contributed by atoms with Crippen LogP contribution in [0.5, 0.6) is 5.75 Å². The molecule has 1 fully saturated rings. The van der Waals surface area contributed by atoms with Crippen LogP contribution in [0.15, 0.2) is 54.7 Å². The highest BCUT2D eigenvalue weighted by Crippen LogP contribution is 2.26. The predicted molar refractivity (Wildman–Crippen MR) is 113 cm³/mol. The van der Waals surface area contributed by atoms with Gasteiger partial charge in [-0.15, -0.1) is 0 Å². The Morgan fingerprint density at radius 2 is 1.97 bits per heavy atom. The summed E-state index contributed by atoms with van der Waals surface area (Å²) in [7, 11) is 1.58. The van der Waals surface area contributed by atoms with Crippen LogP contribution in [0.25, 0.3) is 10.9 Å². The van der Waals surface area contributed by atoms with E-state index in [0.717, 1.165) is 29.3 Å². The number of methoxy groups -OCH3 is 1. The summed E-state index contributed by atoms with van der Waals surface area (Å²) in [5.41, 5.74) is 2.68. The number of benzene rings is 2. The number of carbonyl (C=O) groups excluding carboxylic acids is 2. The third-order valence-electron chi connectivity index (χ3n) is 5.53. The molecule has 6 nitrogen and oxygen atoms in total. The molecule has 0 radical (unpaired) electrons. The molecule has 1 atom stereocenters. The lowest BCUT2D eigenvalue weighted by molar-refractivity contribution is -0.133. The van der Waals surface area contributed by atoms with Gasteiger partial charge in [0, 0.05) is 30.2 Å². The van der Waals surface area contributed by atoms with Crippen LogP contribution in [0.1, 0.15) is 18.4 Å². The topological polar surface area (TPSA) is 74.4 Å². The summed E-state index contributed by atoms with van der Waals surface area (Å²) in [6.07, 6.45) is 3.84. The molecule has 2 aromatic carbocycles. The Hall–Kier alpha value is -3.28. The lowest BCUT2D eigenvalue weighted by Gasteiger charge is -2.32. The molecular weight excluding hydrogens is 366 g/mol. The zero-order valence-electron chi connectivity index (χ0n) is 16.5. The molecule has 6 heteroatoms. The van der Waals surface area contributed by atoms with Gasteiger partial charge in [0.25, 0.3) is 0 Å². The number of amides is 2. The first-order chi connectivity index (χ1) is 14.2. The Morgan fingerprint density at radius 1 is 1.17 bits per heavy atom. The van der Waals surface area contributed by atoms with Gasteiger partial charge in [0.05, 0.1) is 25.1 Å². The lowest BCUT2D eigenvalue weighted by atomic mass is 9.96. The fraction of sp³-hybridized carbons (Fsp3) is 0.304. The van der Waals surface area contributed by atoms with E-state index >= 15 is 0 Å². The van der Waals surface area contributed by atoms with E-state index in [1.54, 1.807) is 7.11 Å². The SMILES string of the molecule is COc1ccccc1NC(=O)[C@H]1CCCN(C(=O)Cc2c[nH]c3ccccc23)C1. The molecule has 0 bridgehead atoms. The van der Waals surface area contributed by atoms with E-state index in [2.05, 4.69) is 10.3 Å². The van der Waals surface area contributed by atoms with Crippen molar-refractivity contribution in [1.29, 1.82) is 0 Å². The second-order valence-electron chi connectivity index (χ2n) is 7.40. The Labute approximate surface area is 169 Å². The van der Waals surface area contributed by atoms with Crippen LogP contribution in [0, 0.1) is 5.92 Å². The largest absolute Gasteiger partial charge is 0.495 e. The van der Waals surface area contributed by atoms with Crippen molar-refractivity contribution < 1.29 is 14.3 Å². The van der Waals surface area contributed by atoms with E-state index in [1.165, 1.54) is 0 Å². The van der Waals surface area contributed by atoms with E-state index in [0.29, 0.717) is 30.9 Å². The Kier molecular flexibility index (Phi) is 5.51. The number of para-hydroxylation sites is 3. The molecule has 0 spiro atoms. The number of fused-ring (bicyclic) bond motifs is 1. The summed E-state index contributed by atoms with van der Waals surface area (Å²) in [4.78, 5) is 30.7. The van der Waals surface area contributed by atoms with Crippen LogP contribution in [0.2, 0.25) is 0 Å². The van der Waals surface area contributed by atoms with E-state index in [4.69, 9.17) is 4.74 Å². The number of hydrogen-bond acceptors (Lipinski definition) is 3. The predicted octanol–water partition coefficient (Wildman–Crippen LogP) is 3.60. The minimum absolute atomic E-state index is 0.0598. The van der Waals surface area contributed by atoms with Crippen LogP contribution >= 0.6 is 0 Å². The van der Waals surface area contributed by atoms with Crippen molar-refractivity contribution in [1.82, 2.24) is 9.88 Å². The van der Waals surface area contributed by atoms with Gasteiger partial charge in [-0.1, -0.05) is 30.3 Å². The zero-order chi connectivity index (χ0) is 20.2. The highest BCUT2D eigenvalue weighted by atomic mass is 16.5. The van der Waals surface area contributed by atoms with Crippen molar-refractivity contribution in [3.8, 4) is 5.75 Å². The zero-order valence-corrected chi connectivity index (χ0v) is 16.5. The van der Waals surface area contributed by atoms with Gasteiger partial charge in [-0.3, -0.25) is 9.59 Å². The number of nitrogens with zero attached hydrogens (tertiary/aromatic N) is 1. The standard InChI is InChI=1S/C23H25N3O3/c1-29-21-11-5-4-10-20(21)25-23(28)16-7-6-12-26(15-16)22(27)13-17-14-24-19-9-3-2-8-18(17)19/h2-5,8-11,14,16,24H,6-7,12-13,15H2,1H3,(H,25,28)/t16-/m0/s1. The lowest BCUT2D eigenvalue weighted by Crippen LogP contribution is -2.44. The van der Waals surface area contributed by atoms with E-state index in [1.807, 2.05) is 59.6 Å². The van der Waals surface area contributed by atoms with Gasteiger partial charge in [-0.2, -0.15) is 0 Å². The molecule has 1 aliphatic rings. The summed E-state index contributed by atoms with van der Waals surface area (Å²) < 4.78 is 5.30. The third kappa shape index (κ3) is 4.11. The van der Waals surface area contributed by atoms with Crippen LogP contribution in [0.3, 0.4) is 0 Å². The molecule has 29 heavy (non-hydrogen) atoms. The van der Waals surface area contributed by atoms with Crippen molar-refractivity contribution in [3.63, 3.8) is 0 Å². The van der Waals surface area contributed by atoms with E-state index in [9.17, 15) is 9.59 Å². The van der Waals surface area contributed by atoms with Gasteiger partial charge in [-0.25, -0.2) is 0 Å². The van der Waals surface area contributed by atoms with Crippen molar-refractivity contribution in [2.45, 2.75) is 19.3 Å². The molecule has 2 heterocycles. The molecule has 2 N–H and O–H groups in total. The fourth-order valence-corrected chi connectivity index (χ4v) is 3.95. The van der Waals surface area contributed by atoms with Gasteiger partial charge in [0.15, 0.2) is 0 Å². The van der Waals surface area contributed by atoms with E-state index < -0.39 is 0 Å². The molecule has 0 unspecified atom stereocenters.